The molecule has 0 aliphatic rings. The molecule has 0 saturated carbocycles. The van der Waals surface area contributed by atoms with E-state index in [0.717, 1.165) is 11.4 Å². The molecule has 0 bridgehead atoms. The van der Waals surface area contributed by atoms with Gasteiger partial charge in [0.2, 0.25) is 0 Å². The maximum atomic E-state index is 11.0. The van der Waals surface area contributed by atoms with Gasteiger partial charge in [0.25, 0.3) is 0 Å². The van der Waals surface area contributed by atoms with Crippen LogP contribution in [0.2, 0.25) is 0 Å². The van der Waals surface area contributed by atoms with Crippen molar-refractivity contribution in [2.24, 2.45) is 5.73 Å². The van der Waals surface area contributed by atoms with Gasteiger partial charge >= 0.3 is 5.97 Å². The summed E-state index contributed by atoms with van der Waals surface area (Å²) in [5.74, 6) is -0.409. The lowest BCUT2D eigenvalue weighted by Crippen LogP contribution is -2.33. The predicted octanol–water partition coefficient (Wildman–Crippen LogP) is 0.433. The Morgan fingerprint density at radius 3 is 2.93 bits per heavy atom. The third-order valence-electron chi connectivity index (χ3n) is 1.88. The maximum Gasteiger partial charge on any atom is 0.323 e. The summed E-state index contributed by atoms with van der Waals surface area (Å²) in [4.78, 5) is 15.3. The van der Waals surface area contributed by atoms with Crippen molar-refractivity contribution in [3.05, 3.63) is 29.6 Å². The van der Waals surface area contributed by atoms with Crippen molar-refractivity contribution in [2.45, 2.75) is 19.4 Å². The molecule has 0 spiro atoms. The maximum absolute atomic E-state index is 11.0. The molecule has 0 saturated heterocycles. The molecule has 0 radical (unpaired) electrons. The molecule has 4 nitrogen and oxygen atoms in total. The van der Waals surface area contributed by atoms with Crippen molar-refractivity contribution in [1.29, 1.82) is 0 Å². The number of ether oxygens (including phenoxy) is 1. The lowest BCUT2D eigenvalue weighted by molar-refractivity contribution is -0.142. The summed E-state index contributed by atoms with van der Waals surface area (Å²) in [5.41, 5.74) is 7.32. The number of pyridine rings is 1. The molecule has 1 aromatic rings. The highest BCUT2D eigenvalue weighted by Crippen LogP contribution is 2.01. The topological polar surface area (TPSA) is 65.2 Å². The van der Waals surface area contributed by atoms with Crippen LogP contribution in [-0.4, -0.2) is 24.1 Å². The van der Waals surface area contributed by atoms with E-state index >= 15 is 0 Å². The first-order chi connectivity index (χ1) is 6.63. The van der Waals surface area contributed by atoms with E-state index in [0.29, 0.717) is 6.42 Å². The highest BCUT2D eigenvalue weighted by molar-refractivity contribution is 5.75. The zero-order valence-corrected chi connectivity index (χ0v) is 8.36. The number of nitrogens with zero attached hydrogens (tertiary/aromatic N) is 1. The quantitative estimate of drug-likeness (QED) is 0.709. The lowest BCUT2D eigenvalue weighted by atomic mass is 10.1. The van der Waals surface area contributed by atoms with Gasteiger partial charge in [0, 0.05) is 17.8 Å². The van der Waals surface area contributed by atoms with Gasteiger partial charge in [-0.3, -0.25) is 9.78 Å². The van der Waals surface area contributed by atoms with E-state index in [1.54, 1.807) is 0 Å². The summed E-state index contributed by atoms with van der Waals surface area (Å²) in [7, 11) is 1.33. The fourth-order valence-corrected chi connectivity index (χ4v) is 1.17. The number of methoxy groups -OCH3 is 1. The van der Waals surface area contributed by atoms with Crippen LogP contribution in [0, 0.1) is 6.92 Å². The number of rotatable bonds is 3. The van der Waals surface area contributed by atoms with Crippen molar-refractivity contribution < 1.29 is 9.53 Å². The number of hydrogen-bond acceptors (Lipinski definition) is 4. The summed E-state index contributed by atoms with van der Waals surface area (Å²) in [6.45, 7) is 1.90. The normalized spacial score (nSPS) is 12.2. The van der Waals surface area contributed by atoms with E-state index in [9.17, 15) is 4.79 Å². The largest absolute Gasteiger partial charge is 0.468 e. The van der Waals surface area contributed by atoms with E-state index in [1.165, 1.54) is 7.11 Å². The molecule has 1 aromatic heterocycles. The Morgan fingerprint density at radius 1 is 1.64 bits per heavy atom. The number of hydrogen-bond donors (Lipinski definition) is 1. The lowest BCUT2D eigenvalue weighted by Gasteiger charge is -2.08. The first-order valence-corrected chi connectivity index (χ1v) is 4.39. The van der Waals surface area contributed by atoms with Crippen LogP contribution in [0.3, 0.4) is 0 Å². The van der Waals surface area contributed by atoms with E-state index in [1.807, 2.05) is 25.1 Å². The van der Waals surface area contributed by atoms with Crippen LogP contribution in [0.15, 0.2) is 18.2 Å². The second kappa shape index (κ2) is 4.72. The van der Waals surface area contributed by atoms with Gasteiger partial charge in [0.05, 0.1) is 7.11 Å². The molecule has 0 fully saturated rings. The molecule has 4 heteroatoms. The van der Waals surface area contributed by atoms with E-state index in [-0.39, 0.29) is 0 Å². The minimum Gasteiger partial charge on any atom is -0.468 e. The van der Waals surface area contributed by atoms with Crippen molar-refractivity contribution in [1.82, 2.24) is 4.98 Å². The van der Waals surface area contributed by atoms with Gasteiger partial charge < -0.3 is 10.5 Å². The smallest absolute Gasteiger partial charge is 0.323 e. The first-order valence-electron chi connectivity index (χ1n) is 4.39. The van der Waals surface area contributed by atoms with Crippen LogP contribution in [-0.2, 0) is 16.0 Å². The molecule has 0 amide bonds. The molecular weight excluding hydrogens is 180 g/mol. The van der Waals surface area contributed by atoms with Crippen LogP contribution in [0.1, 0.15) is 11.4 Å². The summed E-state index contributed by atoms with van der Waals surface area (Å²) in [6, 6.07) is 5.00. The number of carbonyl (C=O) groups excluding carboxylic acids is 1. The van der Waals surface area contributed by atoms with Crippen LogP contribution in [0.25, 0.3) is 0 Å². The number of esters is 1. The Labute approximate surface area is 83.1 Å². The Bertz CT molecular complexity index is 326. The highest BCUT2D eigenvalue weighted by atomic mass is 16.5. The van der Waals surface area contributed by atoms with Crippen LogP contribution in [0.4, 0.5) is 0 Å². The zero-order valence-electron chi connectivity index (χ0n) is 8.36. The average Bonchev–Trinajstić information content (AvgIpc) is 2.16. The molecule has 2 N–H and O–H groups in total. The van der Waals surface area contributed by atoms with E-state index < -0.39 is 12.0 Å². The molecular formula is C10H14N2O2. The first kappa shape index (κ1) is 10.7. The standard InChI is InChI=1S/C10H14N2O2/c1-7-4-3-5-8(12-7)6-9(11)10(13)14-2/h3-5,9H,6,11H2,1-2H3/t9-/m1/s1. The van der Waals surface area contributed by atoms with Gasteiger partial charge in [0.15, 0.2) is 0 Å². The van der Waals surface area contributed by atoms with E-state index in [2.05, 4.69) is 9.72 Å². The Balaban J connectivity index is 2.64. The zero-order chi connectivity index (χ0) is 10.6. The van der Waals surface area contributed by atoms with Gasteiger partial charge in [-0.15, -0.1) is 0 Å². The third kappa shape index (κ3) is 2.81. The average molecular weight is 194 g/mol. The molecule has 0 aromatic carbocycles. The summed E-state index contributed by atoms with van der Waals surface area (Å²) < 4.78 is 4.52. The summed E-state index contributed by atoms with van der Waals surface area (Å²) in [5, 5.41) is 0. The fraction of sp³-hybridized carbons (Fsp3) is 0.400. The minimum absolute atomic E-state index is 0.409. The molecule has 76 valence electrons. The molecule has 0 aliphatic carbocycles. The predicted molar refractivity (Wildman–Crippen MR) is 52.7 cm³/mol. The Kier molecular flexibility index (Phi) is 3.59. The van der Waals surface area contributed by atoms with Gasteiger partial charge in [0.1, 0.15) is 6.04 Å². The SMILES string of the molecule is COC(=O)[C@H](N)Cc1cccc(C)n1. The second-order valence-corrected chi connectivity index (χ2v) is 3.10. The molecule has 0 aliphatic heterocycles. The van der Waals surface area contributed by atoms with Crippen LogP contribution in [0.5, 0.6) is 0 Å². The number of nitrogens with two attached hydrogens (primary N) is 1. The molecule has 14 heavy (non-hydrogen) atoms. The Hall–Kier alpha value is -1.42. The van der Waals surface area contributed by atoms with Crippen molar-refractivity contribution in [3.63, 3.8) is 0 Å². The Morgan fingerprint density at radius 2 is 2.36 bits per heavy atom. The van der Waals surface area contributed by atoms with Crippen molar-refractivity contribution in [2.75, 3.05) is 7.11 Å². The van der Waals surface area contributed by atoms with Crippen LogP contribution < -0.4 is 5.73 Å². The van der Waals surface area contributed by atoms with Crippen molar-refractivity contribution >= 4 is 5.97 Å². The number of carbonyl (C=O) groups is 1. The van der Waals surface area contributed by atoms with Gasteiger partial charge in [-0.2, -0.15) is 0 Å². The monoisotopic (exact) mass is 194 g/mol. The summed E-state index contributed by atoms with van der Waals surface area (Å²) in [6.07, 6.45) is 0.411. The number of aromatic nitrogens is 1. The van der Waals surface area contributed by atoms with Gasteiger partial charge in [-0.1, -0.05) is 6.07 Å². The third-order valence-corrected chi connectivity index (χ3v) is 1.88. The van der Waals surface area contributed by atoms with Crippen LogP contribution >= 0.6 is 0 Å². The fourth-order valence-electron chi connectivity index (χ4n) is 1.17. The molecule has 1 atom stereocenters. The van der Waals surface area contributed by atoms with E-state index in [4.69, 9.17) is 5.73 Å². The van der Waals surface area contributed by atoms with Gasteiger partial charge in [-0.25, -0.2) is 0 Å². The molecule has 1 rings (SSSR count). The second-order valence-electron chi connectivity index (χ2n) is 3.10. The number of aryl methyl sites for hydroxylation is 1. The summed E-state index contributed by atoms with van der Waals surface area (Å²) >= 11 is 0. The van der Waals surface area contributed by atoms with Gasteiger partial charge in [-0.05, 0) is 19.1 Å². The van der Waals surface area contributed by atoms with Crippen molar-refractivity contribution in [3.8, 4) is 0 Å². The highest BCUT2D eigenvalue weighted by Gasteiger charge is 2.14. The molecule has 1 heterocycles. The molecule has 0 unspecified atom stereocenters. The minimum atomic E-state index is -0.630.